The highest BCUT2D eigenvalue weighted by Gasteiger charge is 2.05. The number of aromatic nitrogens is 2. The Bertz CT molecular complexity index is 729. The van der Waals surface area contributed by atoms with E-state index in [2.05, 4.69) is 5.10 Å². The summed E-state index contributed by atoms with van der Waals surface area (Å²) in [7, 11) is 1.64. The summed E-state index contributed by atoms with van der Waals surface area (Å²) >= 11 is 0. The molecule has 0 atom stereocenters. The summed E-state index contributed by atoms with van der Waals surface area (Å²) in [6.07, 6.45) is 2.53. The van der Waals surface area contributed by atoms with Crippen LogP contribution in [0.25, 0.3) is 16.8 Å². The van der Waals surface area contributed by atoms with Crippen molar-refractivity contribution in [3.8, 4) is 17.0 Å². The van der Waals surface area contributed by atoms with Gasteiger partial charge in [-0.15, -0.1) is 0 Å². The minimum Gasteiger partial charge on any atom is -0.497 e. The van der Waals surface area contributed by atoms with Crippen LogP contribution in [0.1, 0.15) is 10.4 Å². The molecule has 0 aliphatic heterocycles. The number of benzene rings is 1. The fourth-order valence-electron chi connectivity index (χ4n) is 1.98. The first kappa shape index (κ1) is 11.5. The van der Waals surface area contributed by atoms with Crippen LogP contribution in [0.3, 0.4) is 0 Å². The van der Waals surface area contributed by atoms with E-state index in [4.69, 9.17) is 4.74 Å². The molecule has 0 unspecified atom stereocenters. The van der Waals surface area contributed by atoms with Gasteiger partial charge in [0.15, 0.2) is 6.29 Å². The lowest BCUT2D eigenvalue weighted by atomic mass is 10.1. The van der Waals surface area contributed by atoms with Gasteiger partial charge in [-0.05, 0) is 42.5 Å². The Morgan fingerprint density at radius 2 is 1.95 bits per heavy atom. The zero-order valence-corrected chi connectivity index (χ0v) is 10.4. The van der Waals surface area contributed by atoms with Crippen LogP contribution in [-0.4, -0.2) is 23.0 Å². The van der Waals surface area contributed by atoms with Crippen LogP contribution in [0.2, 0.25) is 0 Å². The monoisotopic (exact) mass is 252 g/mol. The number of aldehydes is 1. The average Bonchev–Trinajstić information content (AvgIpc) is 2.90. The molecule has 2 aromatic heterocycles. The lowest BCUT2D eigenvalue weighted by molar-refractivity contribution is 0.112. The van der Waals surface area contributed by atoms with E-state index in [1.165, 1.54) is 0 Å². The van der Waals surface area contributed by atoms with Gasteiger partial charge in [0.05, 0.1) is 18.3 Å². The first-order valence-corrected chi connectivity index (χ1v) is 5.89. The fraction of sp³-hybridized carbons (Fsp3) is 0.0667. The zero-order chi connectivity index (χ0) is 13.2. The van der Waals surface area contributed by atoms with Gasteiger partial charge in [0.25, 0.3) is 0 Å². The van der Waals surface area contributed by atoms with Crippen molar-refractivity contribution in [3.63, 3.8) is 0 Å². The lowest BCUT2D eigenvalue weighted by Gasteiger charge is -2.00. The predicted molar refractivity (Wildman–Crippen MR) is 72.6 cm³/mol. The molecule has 0 saturated heterocycles. The van der Waals surface area contributed by atoms with Crippen molar-refractivity contribution in [1.82, 2.24) is 9.61 Å². The van der Waals surface area contributed by atoms with Crippen LogP contribution in [0.4, 0.5) is 0 Å². The summed E-state index contributed by atoms with van der Waals surface area (Å²) in [6.45, 7) is 0. The van der Waals surface area contributed by atoms with Crippen LogP contribution in [0.15, 0.2) is 48.7 Å². The van der Waals surface area contributed by atoms with Crippen molar-refractivity contribution in [2.75, 3.05) is 7.11 Å². The van der Waals surface area contributed by atoms with Gasteiger partial charge in [-0.1, -0.05) is 0 Å². The number of hydrogen-bond acceptors (Lipinski definition) is 3. The van der Waals surface area contributed by atoms with Crippen molar-refractivity contribution >= 4 is 11.8 Å². The number of nitrogens with zero attached hydrogens (tertiary/aromatic N) is 2. The zero-order valence-electron chi connectivity index (χ0n) is 10.4. The van der Waals surface area contributed by atoms with Crippen LogP contribution >= 0.6 is 0 Å². The summed E-state index contributed by atoms with van der Waals surface area (Å²) in [6, 6.07) is 13.4. The van der Waals surface area contributed by atoms with Crippen LogP contribution in [0.5, 0.6) is 5.75 Å². The van der Waals surface area contributed by atoms with E-state index < -0.39 is 0 Å². The molecule has 0 spiro atoms. The summed E-state index contributed by atoms with van der Waals surface area (Å²) in [5.74, 6) is 0.816. The molecule has 94 valence electrons. The van der Waals surface area contributed by atoms with Crippen LogP contribution in [-0.2, 0) is 0 Å². The second-order valence-electron chi connectivity index (χ2n) is 4.21. The first-order valence-electron chi connectivity index (χ1n) is 5.89. The quantitative estimate of drug-likeness (QED) is 0.673. The number of methoxy groups -OCH3 is 1. The second kappa shape index (κ2) is 4.57. The Morgan fingerprint density at radius 3 is 2.63 bits per heavy atom. The maximum atomic E-state index is 10.7. The maximum Gasteiger partial charge on any atom is 0.151 e. The Hall–Kier alpha value is -2.62. The topological polar surface area (TPSA) is 43.6 Å². The third-order valence-electron chi connectivity index (χ3n) is 3.00. The largest absolute Gasteiger partial charge is 0.497 e. The Labute approximate surface area is 110 Å². The SMILES string of the molecule is COc1ccc(-c2cc3ccc(C=O)cn3n2)cc1. The summed E-state index contributed by atoms with van der Waals surface area (Å²) < 4.78 is 6.84. The minimum atomic E-state index is 0.608. The summed E-state index contributed by atoms with van der Waals surface area (Å²) in [5, 5.41) is 4.46. The maximum absolute atomic E-state index is 10.7. The smallest absolute Gasteiger partial charge is 0.151 e. The molecule has 0 amide bonds. The highest BCUT2D eigenvalue weighted by Crippen LogP contribution is 2.22. The van der Waals surface area contributed by atoms with E-state index in [0.29, 0.717) is 5.56 Å². The molecule has 3 rings (SSSR count). The molecule has 1 aromatic carbocycles. The van der Waals surface area contributed by atoms with Gasteiger partial charge in [0.1, 0.15) is 5.75 Å². The highest BCUT2D eigenvalue weighted by molar-refractivity contribution is 5.76. The van der Waals surface area contributed by atoms with Crippen molar-refractivity contribution in [2.45, 2.75) is 0 Å². The molecule has 3 aromatic rings. The third kappa shape index (κ3) is 2.08. The summed E-state index contributed by atoms with van der Waals surface area (Å²) in [5.41, 5.74) is 3.44. The van der Waals surface area contributed by atoms with Gasteiger partial charge in [0, 0.05) is 17.3 Å². The Kier molecular flexibility index (Phi) is 2.76. The van der Waals surface area contributed by atoms with Gasteiger partial charge < -0.3 is 4.74 Å². The first-order chi connectivity index (χ1) is 9.30. The van der Waals surface area contributed by atoms with Crippen LogP contribution in [0, 0.1) is 0 Å². The van der Waals surface area contributed by atoms with Crippen molar-refractivity contribution < 1.29 is 9.53 Å². The lowest BCUT2D eigenvalue weighted by Crippen LogP contribution is -1.90. The van der Waals surface area contributed by atoms with E-state index in [1.807, 2.05) is 36.4 Å². The molecular weight excluding hydrogens is 240 g/mol. The van der Waals surface area contributed by atoms with Gasteiger partial charge in [-0.25, -0.2) is 4.52 Å². The van der Waals surface area contributed by atoms with Crippen molar-refractivity contribution in [1.29, 1.82) is 0 Å². The molecule has 4 nitrogen and oxygen atoms in total. The molecule has 0 bridgehead atoms. The van der Waals surface area contributed by atoms with Crippen molar-refractivity contribution in [2.24, 2.45) is 0 Å². The van der Waals surface area contributed by atoms with Gasteiger partial charge in [0.2, 0.25) is 0 Å². The number of ether oxygens (including phenoxy) is 1. The third-order valence-corrected chi connectivity index (χ3v) is 3.00. The summed E-state index contributed by atoms with van der Waals surface area (Å²) in [4.78, 5) is 10.7. The molecule has 4 heteroatoms. The molecule has 0 fully saturated rings. The molecule has 19 heavy (non-hydrogen) atoms. The number of hydrogen-bond donors (Lipinski definition) is 0. The van der Waals surface area contributed by atoms with E-state index >= 15 is 0 Å². The fourth-order valence-corrected chi connectivity index (χ4v) is 1.98. The van der Waals surface area contributed by atoms with E-state index in [-0.39, 0.29) is 0 Å². The number of carbonyl (C=O) groups excluding carboxylic acids is 1. The number of rotatable bonds is 3. The molecule has 0 aliphatic rings. The van der Waals surface area contributed by atoms with Gasteiger partial charge in [-0.2, -0.15) is 5.10 Å². The van der Waals surface area contributed by atoms with Crippen LogP contribution < -0.4 is 4.74 Å². The molecule has 0 saturated carbocycles. The minimum absolute atomic E-state index is 0.608. The second-order valence-corrected chi connectivity index (χ2v) is 4.21. The van der Waals surface area contributed by atoms with Gasteiger partial charge >= 0.3 is 0 Å². The molecule has 0 radical (unpaired) electrons. The number of pyridine rings is 1. The van der Waals surface area contributed by atoms with Crippen molar-refractivity contribution in [3.05, 3.63) is 54.2 Å². The average molecular weight is 252 g/mol. The predicted octanol–water partition coefficient (Wildman–Crippen LogP) is 2.82. The number of carbonyl (C=O) groups is 1. The van der Waals surface area contributed by atoms with Gasteiger partial charge in [-0.3, -0.25) is 4.79 Å². The Morgan fingerprint density at radius 1 is 1.16 bits per heavy atom. The van der Waals surface area contributed by atoms with E-state index in [0.717, 1.165) is 28.8 Å². The molecular formula is C15H12N2O2. The normalized spacial score (nSPS) is 10.6. The molecule has 0 aliphatic carbocycles. The highest BCUT2D eigenvalue weighted by atomic mass is 16.5. The number of fused-ring (bicyclic) bond motifs is 1. The van der Waals surface area contributed by atoms with E-state index in [1.54, 1.807) is 23.9 Å². The standard InChI is InChI=1S/C15H12N2O2/c1-19-14-6-3-12(4-7-14)15-8-13-5-2-11(10-18)9-17(13)16-15/h2-10H,1H3. The molecule has 2 heterocycles. The Balaban J connectivity index is 2.06. The molecule has 0 N–H and O–H groups in total. The van der Waals surface area contributed by atoms with E-state index in [9.17, 15) is 4.79 Å².